The molecule has 2 aliphatic heterocycles. The molecule has 3 aromatic rings. The van der Waals surface area contributed by atoms with Gasteiger partial charge in [-0.25, -0.2) is 13.1 Å². The van der Waals surface area contributed by atoms with Crippen LogP contribution in [-0.2, 0) is 46.8 Å². The number of aryl methyl sites for hydroxylation is 1. The fourth-order valence-corrected chi connectivity index (χ4v) is 9.45. The number of hydrogen-bond acceptors (Lipinski definition) is 11. The molecule has 5 amide bonds. The average molecular weight is 974 g/mol. The van der Waals surface area contributed by atoms with Gasteiger partial charge in [0.15, 0.2) is 6.10 Å². The van der Waals surface area contributed by atoms with Crippen LogP contribution in [0.25, 0.3) is 0 Å². The number of rotatable bonds is 12. The number of fused-ring (bicyclic) bond motifs is 1. The minimum atomic E-state index is -4.04. The number of sulfonamides is 1. The Bertz CT molecular complexity index is 2410. The van der Waals surface area contributed by atoms with Crippen LogP contribution in [-0.4, -0.2) is 118 Å². The van der Waals surface area contributed by atoms with Gasteiger partial charge in [-0.1, -0.05) is 87.0 Å². The molecule has 0 bridgehead atoms. The van der Waals surface area contributed by atoms with Gasteiger partial charge in [-0.15, -0.1) is 0 Å². The normalized spacial score (nSPS) is 23.4. The predicted molar refractivity (Wildman–Crippen MR) is 262 cm³/mol. The van der Waals surface area contributed by atoms with Gasteiger partial charge in [-0.3, -0.25) is 29.0 Å². The molecule has 0 spiro atoms. The smallest absolute Gasteiger partial charge is 0.264 e. The van der Waals surface area contributed by atoms with E-state index in [0.717, 1.165) is 11.1 Å². The first-order valence-corrected chi connectivity index (χ1v) is 27.2. The second-order valence-electron chi connectivity index (χ2n) is 18.9. The minimum Gasteiger partial charge on any atom is -0.544 e. The first-order valence-electron chi connectivity index (χ1n) is 22.9. The van der Waals surface area contributed by atoms with Gasteiger partial charge in [-0.2, -0.15) is 0 Å². The highest BCUT2D eigenvalue weighted by atomic mass is 32.2. The second-order valence-corrected chi connectivity index (χ2v) is 25.3. The molecule has 1 saturated heterocycles. The van der Waals surface area contributed by atoms with Gasteiger partial charge in [-0.05, 0) is 92.6 Å². The quantitative estimate of drug-likeness (QED) is 0.0563. The summed E-state index contributed by atoms with van der Waals surface area (Å²) in [6.45, 7) is 12.5. The molecule has 1 fully saturated rings. The van der Waals surface area contributed by atoms with Crippen LogP contribution < -0.4 is 41.9 Å². The van der Waals surface area contributed by atoms with E-state index in [1.807, 2.05) is 37.3 Å². The van der Waals surface area contributed by atoms with Crippen molar-refractivity contribution in [3.8, 4) is 5.75 Å². The number of aliphatic hydroxyl groups excluding tert-OH is 1. The summed E-state index contributed by atoms with van der Waals surface area (Å²) in [5.74, 6) is -3.07. The van der Waals surface area contributed by atoms with E-state index in [0.29, 0.717) is 17.7 Å². The third-order valence-electron chi connectivity index (χ3n) is 12.4. The molecule has 0 saturated carbocycles. The molecule has 0 aromatic heterocycles. The van der Waals surface area contributed by atoms with E-state index in [1.165, 1.54) is 29.2 Å². The summed E-state index contributed by atoms with van der Waals surface area (Å²) < 4.78 is 34.4. The second kappa shape index (κ2) is 23.3. The lowest BCUT2D eigenvalue weighted by Gasteiger charge is -2.36. The fraction of sp³-hybridized carbons (Fsp3) is 0.458. The van der Waals surface area contributed by atoms with Crippen molar-refractivity contribution in [2.24, 2.45) is 16.5 Å². The number of aliphatic hydroxyl groups is 1. The van der Waals surface area contributed by atoms with Crippen molar-refractivity contribution in [1.82, 2.24) is 30.9 Å². The molecule has 68 heavy (non-hydrogen) atoms. The van der Waals surface area contributed by atoms with E-state index in [1.54, 1.807) is 36.4 Å². The number of nitrogens with zero attached hydrogens (tertiary/aromatic N) is 2. The third kappa shape index (κ3) is 15.0. The summed E-state index contributed by atoms with van der Waals surface area (Å²) >= 11 is 0. The molecule has 3 aromatic carbocycles. The first kappa shape index (κ1) is 52.9. The fourth-order valence-electron chi connectivity index (χ4n) is 7.47. The first-order chi connectivity index (χ1) is 32.0. The van der Waals surface area contributed by atoms with E-state index in [4.69, 9.17) is 15.9 Å². The van der Waals surface area contributed by atoms with Crippen molar-refractivity contribution in [3.05, 3.63) is 108 Å². The van der Waals surface area contributed by atoms with Gasteiger partial charge in [0.1, 0.15) is 23.9 Å². The maximum atomic E-state index is 14.4. The highest BCUT2D eigenvalue weighted by Gasteiger charge is 2.40. The number of carbonyl (C=O) groups is 5. The van der Waals surface area contributed by atoms with Crippen LogP contribution in [0.3, 0.4) is 0 Å². The van der Waals surface area contributed by atoms with Crippen LogP contribution in [0.5, 0.6) is 5.75 Å². The number of hydrogen-bond donors (Lipinski definition) is 8. The zero-order valence-corrected chi connectivity index (χ0v) is 41.5. The summed E-state index contributed by atoms with van der Waals surface area (Å²) in [6.07, 6.45) is 1.87. The molecule has 2 aliphatic rings. The Morgan fingerprint density at radius 2 is 1.56 bits per heavy atom. The van der Waals surface area contributed by atoms with E-state index in [-0.39, 0.29) is 61.7 Å². The summed E-state index contributed by atoms with van der Waals surface area (Å²) in [5.41, 5.74) is 14.6. The van der Waals surface area contributed by atoms with Crippen molar-refractivity contribution in [3.63, 3.8) is 0 Å². The molecule has 2 heterocycles. The van der Waals surface area contributed by atoms with Gasteiger partial charge in [0, 0.05) is 32.1 Å². The Hall–Kier alpha value is -6.09. The Morgan fingerprint density at radius 3 is 2.22 bits per heavy atom. The highest BCUT2D eigenvalue weighted by Crippen LogP contribution is 2.37. The summed E-state index contributed by atoms with van der Waals surface area (Å²) in [6, 6.07) is 17.1. The topological polar surface area (TPSA) is 277 Å². The molecular weight excluding hydrogens is 907 g/mol. The van der Waals surface area contributed by atoms with Crippen molar-refractivity contribution < 1.29 is 41.9 Å². The summed E-state index contributed by atoms with van der Waals surface area (Å²) in [7, 11) is -6.17. The van der Waals surface area contributed by atoms with E-state index in [9.17, 15) is 37.5 Å². The lowest BCUT2D eigenvalue weighted by atomic mass is 10.0. The maximum absolute atomic E-state index is 14.4. The van der Waals surface area contributed by atoms with Crippen LogP contribution in [0, 0.1) is 6.92 Å². The zero-order chi connectivity index (χ0) is 49.8. The molecule has 368 valence electrons. The van der Waals surface area contributed by atoms with Gasteiger partial charge in [0.05, 0.1) is 17.0 Å². The molecule has 6 atom stereocenters. The SMILES string of the molecule is Cc1ccc(S(=O)(=O)NC(N)=NCCC[C@@H]2NC(=O)[C@@H]3CCCN3C(=O)[C@@H](N)CNC(=O)/C=C/[C@H](Cc3ccc(O[Si](C)(C)C(C)(C)C)cc3)NC(=O)[C@@H](Cc3ccccc3)NC(=O)C2O)cc1. The van der Waals surface area contributed by atoms with Gasteiger partial charge in [0.2, 0.25) is 37.9 Å². The van der Waals surface area contributed by atoms with Crippen molar-refractivity contribution in [2.45, 2.75) is 126 Å². The number of benzene rings is 3. The van der Waals surface area contributed by atoms with E-state index >= 15 is 0 Å². The molecule has 18 nitrogen and oxygen atoms in total. The molecule has 1 unspecified atom stereocenters. The summed E-state index contributed by atoms with van der Waals surface area (Å²) in [4.78, 5) is 74.7. The Labute approximate surface area is 400 Å². The Kier molecular flexibility index (Phi) is 18.1. The Morgan fingerprint density at radius 1 is 0.897 bits per heavy atom. The van der Waals surface area contributed by atoms with E-state index < -0.39 is 90.1 Å². The van der Waals surface area contributed by atoms with Crippen molar-refractivity contribution in [2.75, 3.05) is 19.6 Å². The van der Waals surface area contributed by atoms with Crippen LogP contribution >= 0.6 is 0 Å². The number of carbonyl (C=O) groups excluding carboxylic acids is 5. The monoisotopic (exact) mass is 973 g/mol. The molecule has 0 radical (unpaired) electrons. The molecule has 5 rings (SSSR count). The van der Waals surface area contributed by atoms with Gasteiger partial charge >= 0.3 is 0 Å². The summed E-state index contributed by atoms with van der Waals surface area (Å²) in [5, 5.41) is 22.8. The van der Waals surface area contributed by atoms with Gasteiger partial charge in [0.25, 0.3) is 15.9 Å². The highest BCUT2D eigenvalue weighted by molar-refractivity contribution is 7.90. The lowest BCUT2D eigenvalue weighted by Crippen LogP contribution is -2.59. The lowest BCUT2D eigenvalue weighted by molar-refractivity contribution is -0.141. The van der Waals surface area contributed by atoms with Crippen LogP contribution in [0.4, 0.5) is 0 Å². The standard InChI is InChI=1S/C48H67N9O9SSi/c1-31-16-23-36(24-17-31)67(64,65)56-47(50)51-26-10-14-38-42(59)45(62)55-39(29-32-12-8-7-9-13-32)43(60)53-34(28-33-18-21-35(22-19-33)66-68(5,6)48(2,3)4)20-25-41(58)52-30-37(49)46(63)57-27-11-15-40(57)44(61)54-38/h7-9,12-13,16-25,34,37-40,42,59H,10-11,14-15,26-30,49H2,1-6H3,(H,52,58)(H,53,60)(H,54,61)(H,55,62)(H3,50,51,56)/b25-20+/t34-,37+,38+,39-,40+,42?/m1/s1. The number of nitrogens with two attached hydrogens (primary N) is 2. The molecule has 10 N–H and O–H groups in total. The van der Waals surface area contributed by atoms with E-state index in [2.05, 4.69) is 64.8 Å². The third-order valence-corrected chi connectivity index (χ3v) is 18.2. The average Bonchev–Trinajstić information content (AvgIpc) is 3.78. The largest absolute Gasteiger partial charge is 0.544 e. The number of guanidine groups is 1. The van der Waals surface area contributed by atoms with Crippen LogP contribution in [0.15, 0.2) is 101 Å². The van der Waals surface area contributed by atoms with Gasteiger partial charge < -0.3 is 47.2 Å². The molecular formula is C48H67N9O9SSi. The molecule has 20 heteroatoms. The number of nitrogens with one attached hydrogen (secondary N) is 5. The minimum absolute atomic E-state index is 0.0139. The number of amides is 5. The Balaban J connectivity index is 1.42. The van der Waals surface area contributed by atoms with Crippen LogP contribution in [0.2, 0.25) is 18.1 Å². The number of aliphatic imine (C=N–C) groups is 1. The predicted octanol–water partition coefficient (Wildman–Crippen LogP) is 2.06. The maximum Gasteiger partial charge on any atom is 0.264 e. The van der Waals surface area contributed by atoms with Crippen LogP contribution in [0.1, 0.15) is 63.1 Å². The zero-order valence-electron chi connectivity index (χ0n) is 39.7. The van der Waals surface area contributed by atoms with Crippen molar-refractivity contribution in [1.29, 1.82) is 0 Å². The van der Waals surface area contributed by atoms with Crippen molar-refractivity contribution >= 4 is 53.8 Å². The molecule has 0 aliphatic carbocycles.